The normalized spacial score (nSPS) is 12.3. The van der Waals surface area contributed by atoms with Gasteiger partial charge in [0.25, 0.3) is 0 Å². The van der Waals surface area contributed by atoms with E-state index in [0.29, 0.717) is 12.1 Å². The number of aryl methyl sites for hydroxylation is 2. The van der Waals surface area contributed by atoms with Crippen molar-refractivity contribution in [3.63, 3.8) is 0 Å². The van der Waals surface area contributed by atoms with E-state index in [1.54, 1.807) is 0 Å². The van der Waals surface area contributed by atoms with Gasteiger partial charge in [0, 0.05) is 25.3 Å². The van der Waals surface area contributed by atoms with Crippen LogP contribution in [0.15, 0.2) is 36.4 Å². The third-order valence-electron chi connectivity index (χ3n) is 3.61. The van der Waals surface area contributed by atoms with Crippen LogP contribution in [-0.4, -0.2) is 13.6 Å². The second kappa shape index (κ2) is 6.22. The van der Waals surface area contributed by atoms with Gasteiger partial charge in [-0.25, -0.2) is 8.78 Å². The molecule has 4 heteroatoms. The fraction of sp³-hybridized carbons (Fsp3) is 0.294. The first kappa shape index (κ1) is 15.4. The second-order valence-corrected chi connectivity index (χ2v) is 5.45. The highest BCUT2D eigenvalue weighted by Crippen LogP contribution is 2.22. The summed E-state index contributed by atoms with van der Waals surface area (Å²) < 4.78 is 26.2. The lowest BCUT2D eigenvalue weighted by Crippen LogP contribution is -2.29. The van der Waals surface area contributed by atoms with E-state index < -0.39 is 11.6 Å². The summed E-state index contributed by atoms with van der Waals surface area (Å²) in [7, 11) is 1.94. The summed E-state index contributed by atoms with van der Waals surface area (Å²) in [5, 5.41) is 0. The number of likely N-dealkylation sites (N-methyl/N-ethyl adjacent to an activating group) is 1. The summed E-state index contributed by atoms with van der Waals surface area (Å²) in [5.74, 6) is -1.72. The van der Waals surface area contributed by atoms with Gasteiger partial charge in [-0.3, -0.25) is 0 Å². The summed E-state index contributed by atoms with van der Waals surface area (Å²) in [6, 6.07) is 9.61. The van der Waals surface area contributed by atoms with Crippen molar-refractivity contribution in [1.82, 2.24) is 0 Å². The quantitative estimate of drug-likeness (QED) is 0.930. The fourth-order valence-electron chi connectivity index (χ4n) is 2.48. The van der Waals surface area contributed by atoms with Gasteiger partial charge < -0.3 is 10.6 Å². The Morgan fingerprint density at radius 2 is 1.76 bits per heavy atom. The molecule has 2 aromatic rings. The maximum absolute atomic E-state index is 13.3. The number of hydrogen-bond acceptors (Lipinski definition) is 2. The van der Waals surface area contributed by atoms with Gasteiger partial charge in [0.15, 0.2) is 11.6 Å². The third kappa shape index (κ3) is 3.58. The van der Waals surface area contributed by atoms with Gasteiger partial charge in [0.2, 0.25) is 0 Å². The van der Waals surface area contributed by atoms with Crippen LogP contribution in [0, 0.1) is 25.5 Å². The Morgan fingerprint density at radius 3 is 2.38 bits per heavy atom. The molecular weight excluding hydrogens is 270 g/mol. The van der Waals surface area contributed by atoms with Crippen molar-refractivity contribution in [3.05, 3.63) is 64.7 Å². The summed E-state index contributed by atoms with van der Waals surface area (Å²) in [4.78, 5) is 2.03. The molecule has 0 saturated heterocycles. The molecule has 0 bridgehead atoms. The minimum absolute atomic E-state index is 0.384. The number of anilines is 1. The van der Waals surface area contributed by atoms with E-state index in [9.17, 15) is 8.78 Å². The lowest BCUT2D eigenvalue weighted by molar-refractivity contribution is 0.505. The highest BCUT2D eigenvalue weighted by molar-refractivity contribution is 5.54. The molecule has 0 aliphatic rings. The predicted molar refractivity (Wildman–Crippen MR) is 82.5 cm³/mol. The van der Waals surface area contributed by atoms with Crippen LogP contribution in [-0.2, 0) is 0 Å². The standard InChI is InChI=1S/C17H20F2N2/c1-11-4-7-17(12(2)8-11)21(3)10-16(20)13-5-6-14(18)15(19)9-13/h4-9,16H,10,20H2,1-3H3. The van der Waals surface area contributed by atoms with E-state index in [0.717, 1.165) is 23.4 Å². The number of halogens is 2. The van der Waals surface area contributed by atoms with Gasteiger partial charge in [-0.1, -0.05) is 23.8 Å². The molecular formula is C17H20F2N2. The largest absolute Gasteiger partial charge is 0.372 e. The molecule has 0 aliphatic heterocycles. The highest BCUT2D eigenvalue weighted by atomic mass is 19.2. The lowest BCUT2D eigenvalue weighted by atomic mass is 10.1. The van der Waals surface area contributed by atoms with E-state index >= 15 is 0 Å². The highest BCUT2D eigenvalue weighted by Gasteiger charge is 2.13. The van der Waals surface area contributed by atoms with E-state index in [4.69, 9.17) is 5.73 Å². The average molecular weight is 290 g/mol. The molecule has 1 unspecified atom stereocenters. The van der Waals surface area contributed by atoms with Crippen LogP contribution < -0.4 is 10.6 Å². The first-order chi connectivity index (χ1) is 9.88. The zero-order valence-electron chi connectivity index (χ0n) is 12.5. The molecule has 2 nitrogen and oxygen atoms in total. The predicted octanol–water partition coefficient (Wildman–Crippen LogP) is 3.72. The zero-order chi connectivity index (χ0) is 15.6. The van der Waals surface area contributed by atoms with Crippen LogP contribution in [0.3, 0.4) is 0 Å². The summed E-state index contributed by atoms with van der Waals surface area (Å²) in [6.07, 6.45) is 0. The van der Waals surface area contributed by atoms with Crippen LogP contribution >= 0.6 is 0 Å². The summed E-state index contributed by atoms with van der Waals surface area (Å²) in [5.41, 5.74) is 10.1. The van der Waals surface area contributed by atoms with E-state index in [-0.39, 0.29) is 6.04 Å². The topological polar surface area (TPSA) is 29.3 Å². The molecule has 0 aliphatic carbocycles. The van der Waals surface area contributed by atoms with Crippen LogP contribution in [0.5, 0.6) is 0 Å². The monoisotopic (exact) mass is 290 g/mol. The Morgan fingerprint density at radius 1 is 1.05 bits per heavy atom. The summed E-state index contributed by atoms with van der Waals surface area (Å²) in [6.45, 7) is 4.61. The molecule has 0 spiro atoms. The molecule has 2 aromatic carbocycles. The molecule has 21 heavy (non-hydrogen) atoms. The molecule has 0 aromatic heterocycles. The van der Waals surface area contributed by atoms with Crippen LogP contribution in [0.1, 0.15) is 22.7 Å². The van der Waals surface area contributed by atoms with Gasteiger partial charge in [0.1, 0.15) is 0 Å². The zero-order valence-corrected chi connectivity index (χ0v) is 12.5. The van der Waals surface area contributed by atoms with Gasteiger partial charge in [-0.2, -0.15) is 0 Å². The van der Waals surface area contributed by atoms with Gasteiger partial charge >= 0.3 is 0 Å². The Kier molecular flexibility index (Phi) is 4.58. The molecule has 0 heterocycles. The molecule has 1 atom stereocenters. The molecule has 0 saturated carbocycles. The first-order valence-corrected chi connectivity index (χ1v) is 6.87. The van der Waals surface area contributed by atoms with Gasteiger partial charge in [-0.05, 0) is 43.2 Å². The maximum atomic E-state index is 13.3. The minimum Gasteiger partial charge on any atom is -0.372 e. The van der Waals surface area contributed by atoms with Gasteiger partial charge in [0.05, 0.1) is 0 Å². The third-order valence-corrected chi connectivity index (χ3v) is 3.61. The molecule has 112 valence electrons. The Labute approximate surface area is 124 Å². The van der Waals surface area contributed by atoms with Crippen molar-refractivity contribution in [3.8, 4) is 0 Å². The lowest BCUT2D eigenvalue weighted by Gasteiger charge is -2.25. The molecule has 0 radical (unpaired) electrons. The molecule has 2 N–H and O–H groups in total. The average Bonchev–Trinajstić information content (AvgIpc) is 2.41. The minimum atomic E-state index is -0.864. The van der Waals surface area contributed by atoms with E-state index in [1.807, 2.05) is 37.9 Å². The Balaban J connectivity index is 2.14. The van der Waals surface area contributed by atoms with Crippen LogP contribution in [0.4, 0.5) is 14.5 Å². The smallest absolute Gasteiger partial charge is 0.159 e. The second-order valence-electron chi connectivity index (χ2n) is 5.45. The van der Waals surface area contributed by atoms with Gasteiger partial charge in [-0.15, -0.1) is 0 Å². The van der Waals surface area contributed by atoms with Crippen LogP contribution in [0.25, 0.3) is 0 Å². The van der Waals surface area contributed by atoms with E-state index in [2.05, 4.69) is 6.07 Å². The van der Waals surface area contributed by atoms with Crippen molar-refractivity contribution >= 4 is 5.69 Å². The molecule has 0 fully saturated rings. The van der Waals surface area contributed by atoms with Crippen molar-refractivity contribution in [1.29, 1.82) is 0 Å². The van der Waals surface area contributed by atoms with Crippen molar-refractivity contribution in [2.75, 3.05) is 18.5 Å². The Bertz CT molecular complexity index is 641. The fourth-order valence-corrected chi connectivity index (χ4v) is 2.48. The number of nitrogens with zero attached hydrogens (tertiary/aromatic N) is 1. The number of rotatable bonds is 4. The molecule has 2 rings (SSSR count). The number of nitrogens with two attached hydrogens (primary N) is 1. The summed E-state index contributed by atoms with van der Waals surface area (Å²) >= 11 is 0. The van der Waals surface area contributed by atoms with Crippen molar-refractivity contribution < 1.29 is 8.78 Å². The molecule has 0 amide bonds. The Hall–Kier alpha value is -1.94. The maximum Gasteiger partial charge on any atom is 0.159 e. The first-order valence-electron chi connectivity index (χ1n) is 6.87. The number of hydrogen-bond donors (Lipinski definition) is 1. The van der Waals surface area contributed by atoms with Crippen LogP contribution in [0.2, 0.25) is 0 Å². The van der Waals surface area contributed by atoms with E-state index in [1.165, 1.54) is 11.6 Å². The SMILES string of the molecule is Cc1ccc(N(C)CC(N)c2ccc(F)c(F)c2)c(C)c1. The van der Waals surface area contributed by atoms with Crippen molar-refractivity contribution in [2.24, 2.45) is 5.73 Å². The van der Waals surface area contributed by atoms with Crippen molar-refractivity contribution in [2.45, 2.75) is 19.9 Å². The number of benzene rings is 2.